The largest absolute Gasteiger partial charge is 0.364 e. The van der Waals surface area contributed by atoms with Gasteiger partial charge >= 0.3 is 0 Å². The highest BCUT2D eigenvalue weighted by Gasteiger charge is 2.09. The van der Waals surface area contributed by atoms with E-state index in [2.05, 4.69) is 4.98 Å². The van der Waals surface area contributed by atoms with Gasteiger partial charge < -0.3 is 10.7 Å². The minimum atomic E-state index is -0.466. The molecule has 0 aromatic carbocycles. The standard InChI is InChI=1S/C10H15FN2O/c1-2-8-7(4-3-5-11)6-9(13-8)10(12)14/h6,13H,2-5H2,1H3,(H2,12,14). The second-order valence-electron chi connectivity index (χ2n) is 3.20. The van der Waals surface area contributed by atoms with Gasteiger partial charge in [0.25, 0.3) is 5.91 Å². The van der Waals surface area contributed by atoms with Crippen molar-refractivity contribution in [1.29, 1.82) is 0 Å². The molecular weight excluding hydrogens is 183 g/mol. The Bertz CT molecular complexity index is 320. The lowest BCUT2D eigenvalue weighted by Crippen LogP contribution is -2.11. The average molecular weight is 198 g/mol. The van der Waals surface area contributed by atoms with E-state index in [0.717, 1.165) is 17.7 Å². The van der Waals surface area contributed by atoms with Gasteiger partial charge in [-0.25, -0.2) is 0 Å². The van der Waals surface area contributed by atoms with Crippen molar-refractivity contribution in [3.63, 3.8) is 0 Å². The molecule has 4 heteroatoms. The van der Waals surface area contributed by atoms with Crippen LogP contribution in [-0.4, -0.2) is 17.6 Å². The van der Waals surface area contributed by atoms with E-state index in [4.69, 9.17) is 5.73 Å². The fourth-order valence-corrected chi connectivity index (χ4v) is 1.47. The molecule has 0 aliphatic rings. The number of carbonyl (C=O) groups excluding carboxylic acids is 1. The van der Waals surface area contributed by atoms with Crippen molar-refractivity contribution >= 4 is 5.91 Å². The van der Waals surface area contributed by atoms with Crippen LogP contribution in [0.1, 0.15) is 35.1 Å². The lowest BCUT2D eigenvalue weighted by molar-refractivity contribution is 0.0996. The van der Waals surface area contributed by atoms with Crippen molar-refractivity contribution in [2.75, 3.05) is 6.67 Å². The Morgan fingerprint density at radius 2 is 2.36 bits per heavy atom. The summed E-state index contributed by atoms with van der Waals surface area (Å²) in [4.78, 5) is 13.8. The van der Waals surface area contributed by atoms with Crippen molar-refractivity contribution in [1.82, 2.24) is 4.98 Å². The number of aromatic nitrogens is 1. The number of carbonyl (C=O) groups is 1. The number of halogens is 1. The zero-order valence-corrected chi connectivity index (χ0v) is 8.27. The first-order valence-corrected chi connectivity index (χ1v) is 4.75. The Morgan fingerprint density at radius 3 is 2.86 bits per heavy atom. The van der Waals surface area contributed by atoms with Crippen LogP contribution < -0.4 is 5.73 Å². The molecule has 3 N–H and O–H groups in total. The SMILES string of the molecule is CCc1[nH]c(C(N)=O)cc1CCCF. The Hall–Kier alpha value is -1.32. The molecular formula is C10H15FN2O. The van der Waals surface area contributed by atoms with Crippen LogP contribution in [0.25, 0.3) is 0 Å². The summed E-state index contributed by atoms with van der Waals surface area (Å²) in [6.45, 7) is 1.65. The lowest BCUT2D eigenvalue weighted by Gasteiger charge is -1.97. The first-order chi connectivity index (χ1) is 6.69. The van der Waals surface area contributed by atoms with Crippen molar-refractivity contribution < 1.29 is 9.18 Å². The van der Waals surface area contributed by atoms with Gasteiger partial charge in [-0.15, -0.1) is 0 Å². The number of amides is 1. The molecule has 0 unspecified atom stereocenters. The van der Waals surface area contributed by atoms with Crippen molar-refractivity contribution in [2.24, 2.45) is 5.73 Å². The molecule has 0 aliphatic heterocycles. The number of primary amides is 1. The van der Waals surface area contributed by atoms with E-state index < -0.39 is 5.91 Å². The predicted octanol–water partition coefficient (Wildman–Crippen LogP) is 1.58. The third kappa shape index (κ3) is 2.34. The van der Waals surface area contributed by atoms with Crippen LogP contribution in [0.5, 0.6) is 0 Å². The lowest BCUT2D eigenvalue weighted by atomic mass is 10.1. The van der Waals surface area contributed by atoms with Gasteiger partial charge in [0.15, 0.2) is 0 Å². The molecule has 3 nitrogen and oxygen atoms in total. The smallest absolute Gasteiger partial charge is 0.265 e. The van der Waals surface area contributed by atoms with Crippen molar-refractivity contribution in [3.05, 3.63) is 23.0 Å². The summed E-state index contributed by atoms with van der Waals surface area (Å²) < 4.78 is 12.0. The number of nitrogens with two attached hydrogens (primary N) is 1. The van der Waals surface area contributed by atoms with Gasteiger partial charge in [-0.1, -0.05) is 6.92 Å². The quantitative estimate of drug-likeness (QED) is 0.741. The Labute approximate surface area is 82.5 Å². The number of nitrogens with one attached hydrogen (secondary N) is 1. The number of hydrogen-bond donors (Lipinski definition) is 2. The molecule has 14 heavy (non-hydrogen) atoms. The van der Waals surface area contributed by atoms with Crippen molar-refractivity contribution in [3.8, 4) is 0 Å². The van der Waals surface area contributed by atoms with Gasteiger partial charge in [0.05, 0.1) is 6.67 Å². The highest BCUT2D eigenvalue weighted by Crippen LogP contribution is 2.13. The van der Waals surface area contributed by atoms with Gasteiger partial charge in [-0.2, -0.15) is 0 Å². The van der Waals surface area contributed by atoms with Crippen LogP contribution in [0.3, 0.4) is 0 Å². The zero-order valence-electron chi connectivity index (χ0n) is 8.27. The maximum atomic E-state index is 12.0. The van der Waals surface area contributed by atoms with E-state index in [0.29, 0.717) is 18.5 Å². The van der Waals surface area contributed by atoms with Crippen LogP contribution in [0.2, 0.25) is 0 Å². The highest BCUT2D eigenvalue weighted by molar-refractivity contribution is 5.91. The number of aryl methyl sites for hydroxylation is 2. The van der Waals surface area contributed by atoms with Crippen LogP contribution in [0.15, 0.2) is 6.07 Å². The van der Waals surface area contributed by atoms with Gasteiger partial charge in [-0.3, -0.25) is 9.18 Å². The number of aromatic amines is 1. The van der Waals surface area contributed by atoms with Gasteiger partial charge in [0, 0.05) is 5.69 Å². The molecule has 0 atom stereocenters. The Morgan fingerprint density at radius 1 is 1.64 bits per heavy atom. The van der Waals surface area contributed by atoms with E-state index in [1.807, 2.05) is 6.92 Å². The summed E-state index contributed by atoms with van der Waals surface area (Å²) in [7, 11) is 0. The monoisotopic (exact) mass is 198 g/mol. The van der Waals surface area contributed by atoms with E-state index >= 15 is 0 Å². The number of hydrogen-bond acceptors (Lipinski definition) is 1. The molecule has 78 valence electrons. The summed E-state index contributed by atoms with van der Waals surface area (Å²) in [6, 6.07) is 1.72. The van der Waals surface area contributed by atoms with Gasteiger partial charge in [0.1, 0.15) is 5.69 Å². The molecule has 0 saturated carbocycles. The summed E-state index contributed by atoms with van der Waals surface area (Å²) >= 11 is 0. The third-order valence-corrected chi connectivity index (χ3v) is 2.19. The minimum Gasteiger partial charge on any atom is -0.364 e. The molecule has 0 fully saturated rings. The first kappa shape index (κ1) is 10.8. The third-order valence-electron chi connectivity index (χ3n) is 2.19. The topological polar surface area (TPSA) is 58.9 Å². The second-order valence-corrected chi connectivity index (χ2v) is 3.20. The predicted molar refractivity (Wildman–Crippen MR) is 53.0 cm³/mol. The average Bonchev–Trinajstić information content (AvgIpc) is 2.57. The molecule has 1 aromatic rings. The normalized spacial score (nSPS) is 10.4. The van der Waals surface area contributed by atoms with E-state index in [1.54, 1.807) is 6.07 Å². The summed E-state index contributed by atoms with van der Waals surface area (Å²) in [5.74, 6) is -0.466. The zero-order chi connectivity index (χ0) is 10.6. The van der Waals surface area contributed by atoms with Crippen LogP contribution in [0.4, 0.5) is 4.39 Å². The minimum absolute atomic E-state index is 0.333. The fourth-order valence-electron chi connectivity index (χ4n) is 1.47. The Balaban J connectivity index is 2.85. The molecule has 0 bridgehead atoms. The first-order valence-electron chi connectivity index (χ1n) is 4.75. The molecule has 1 rings (SSSR count). The van der Waals surface area contributed by atoms with E-state index in [1.165, 1.54) is 0 Å². The molecule has 0 saturated heterocycles. The number of alkyl halides is 1. The van der Waals surface area contributed by atoms with Gasteiger partial charge in [0.2, 0.25) is 0 Å². The van der Waals surface area contributed by atoms with Crippen LogP contribution in [-0.2, 0) is 12.8 Å². The molecule has 0 radical (unpaired) electrons. The molecule has 1 heterocycles. The molecule has 1 amide bonds. The van der Waals surface area contributed by atoms with Gasteiger partial charge in [-0.05, 0) is 30.9 Å². The maximum Gasteiger partial charge on any atom is 0.265 e. The van der Waals surface area contributed by atoms with E-state index in [-0.39, 0.29) is 6.67 Å². The second kappa shape index (κ2) is 4.79. The fraction of sp³-hybridized carbons (Fsp3) is 0.500. The molecule has 0 aliphatic carbocycles. The summed E-state index contributed by atoms with van der Waals surface area (Å²) in [5, 5.41) is 0. The van der Waals surface area contributed by atoms with Crippen LogP contribution in [0, 0.1) is 0 Å². The summed E-state index contributed by atoms with van der Waals surface area (Å²) in [6.07, 6.45) is 1.95. The Kier molecular flexibility index (Phi) is 3.68. The highest BCUT2D eigenvalue weighted by atomic mass is 19.1. The van der Waals surface area contributed by atoms with Crippen molar-refractivity contribution in [2.45, 2.75) is 26.2 Å². The van der Waals surface area contributed by atoms with E-state index in [9.17, 15) is 9.18 Å². The number of H-pyrrole nitrogens is 1. The number of rotatable bonds is 5. The molecule has 1 aromatic heterocycles. The maximum absolute atomic E-state index is 12.0. The molecule has 0 spiro atoms. The summed E-state index contributed by atoms with van der Waals surface area (Å²) in [5.41, 5.74) is 7.53. The van der Waals surface area contributed by atoms with Crippen LogP contribution >= 0.6 is 0 Å².